The summed E-state index contributed by atoms with van der Waals surface area (Å²) in [5, 5.41) is 0. The molecule has 1 nitrogen and oxygen atoms in total. The monoisotopic (exact) mass is 220 g/mol. The summed E-state index contributed by atoms with van der Waals surface area (Å²) < 4.78 is 6.49. The van der Waals surface area contributed by atoms with Crippen molar-refractivity contribution in [2.75, 3.05) is 0 Å². The molecule has 3 unspecified atom stereocenters. The van der Waals surface area contributed by atoms with Gasteiger partial charge in [-0.05, 0) is 39.0 Å². The fraction of sp³-hybridized carbons (Fsp3) is 0.733. The predicted molar refractivity (Wildman–Crippen MR) is 68.4 cm³/mol. The molecule has 0 spiro atoms. The number of rotatable bonds is 3. The van der Waals surface area contributed by atoms with Crippen LogP contribution in [-0.4, -0.2) is 11.2 Å². The maximum absolute atomic E-state index is 6.49. The average Bonchev–Trinajstić information content (AvgIpc) is 2.16. The number of hydrogen-bond donors (Lipinski definition) is 0. The van der Waals surface area contributed by atoms with Crippen LogP contribution in [0.5, 0.6) is 0 Å². The van der Waals surface area contributed by atoms with Gasteiger partial charge in [0.25, 0.3) is 0 Å². The fourth-order valence-corrected chi connectivity index (χ4v) is 3.57. The maximum atomic E-state index is 6.49. The summed E-state index contributed by atoms with van der Waals surface area (Å²) in [6, 6.07) is 0. The lowest BCUT2D eigenvalue weighted by atomic mass is 9.65. The van der Waals surface area contributed by atoms with Gasteiger partial charge < -0.3 is 4.74 Å². The van der Waals surface area contributed by atoms with E-state index in [4.69, 9.17) is 4.74 Å². The molecule has 2 heterocycles. The Balaban J connectivity index is 2.39. The standard InChI is InChI=1S/C15H24O/c1-6-8-14(5)13-7-9-15(16-14,11(2)3)10-12(13)4/h6,10-11,13H,1,7-9H2,2-5H3. The maximum Gasteiger partial charge on any atom is 0.0895 e. The Morgan fingerprint density at radius 3 is 2.81 bits per heavy atom. The molecule has 3 aliphatic rings. The van der Waals surface area contributed by atoms with Crippen LogP contribution in [0.3, 0.4) is 0 Å². The second kappa shape index (κ2) is 3.73. The molecule has 1 aliphatic carbocycles. The van der Waals surface area contributed by atoms with E-state index in [-0.39, 0.29) is 11.2 Å². The molecule has 3 atom stereocenters. The van der Waals surface area contributed by atoms with Crippen molar-refractivity contribution in [3.8, 4) is 0 Å². The van der Waals surface area contributed by atoms with Crippen LogP contribution < -0.4 is 0 Å². The van der Waals surface area contributed by atoms with Gasteiger partial charge in [-0.1, -0.05) is 31.6 Å². The quantitative estimate of drug-likeness (QED) is 0.651. The molecule has 0 saturated carbocycles. The lowest BCUT2D eigenvalue weighted by Gasteiger charge is -2.56. The summed E-state index contributed by atoms with van der Waals surface area (Å²) in [5.74, 6) is 1.14. The SMILES string of the molecule is C=CCC1(C)OC2(C(C)C)C=C(C)C1CC2. The van der Waals surface area contributed by atoms with Gasteiger partial charge in [-0.15, -0.1) is 6.58 Å². The first-order valence-corrected chi connectivity index (χ1v) is 6.44. The molecule has 0 N–H and O–H groups in total. The highest BCUT2D eigenvalue weighted by atomic mass is 16.5. The second-order valence-corrected chi connectivity index (χ2v) is 6.00. The number of ether oxygens (including phenoxy) is 1. The number of hydrogen-bond acceptors (Lipinski definition) is 1. The van der Waals surface area contributed by atoms with Crippen LogP contribution in [0.1, 0.15) is 47.0 Å². The molecule has 2 bridgehead atoms. The molecule has 16 heavy (non-hydrogen) atoms. The Morgan fingerprint density at radius 1 is 1.62 bits per heavy atom. The normalized spacial score (nSPS) is 42.3. The van der Waals surface area contributed by atoms with Crippen LogP contribution in [0.25, 0.3) is 0 Å². The molecule has 1 heteroatoms. The van der Waals surface area contributed by atoms with Crippen molar-refractivity contribution in [2.24, 2.45) is 11.8 Å². The first-order chi connectivity index (χ1) is 7.43. The van der Waals surface area contributed by atoms with Gasteiger partial charge in [0.1, 0.15) is 0 Å². The van der Waals surface area contributed by atoms with Gasteiger partial charge in [0.05, 0.1) is 11.2 Å². The van der Waals surface area contributed by atoms with Crippen LogP contribution in [-0.2, 0) is 4.74 Å². The van der Waals surface area contributed by atoms with E-state index < -0.39 is 0 Å². The van der Waals surface area contributed by atoms with E-state index in [1.807, 2.05) is 6.08 Å². The molecule has 0 aromatic rings. The molecular weight excluding hydrogens is 196 g/mol. The zero-order chi connectivity index (χ0) is 12.0. The van der Waals surface area contributed by atoms with Crippen LogP contribution in [0.15, 0.2) is 24.3 Å². The van der Waals surface area contributed by atoms with E-state index in [0.29, 0.717) is 11.8 Å². The third kappa shape index (κ3) is 1.57. The Bertz CT molecular complexity index is 328. The highest BCUT2D eigenvalue weighted by Crippen LogP contribution is 2.52. The Kier molecular flexibility index (Phi) is 2.78. The van der Waals surface area contributed by atoms with Gasteiger partial charge in [0.2, 0.25) is 0 Å². The largest absolute Gasteiger partial charge is 0.364 e. The molecule has 1 saturated heterocycles. The Morgan fingerprint density at radius 2 is 2.31 bits per heavy atom. The minimum Gasteiger partial charge on any atom is -0.364 e. The topological polar surface area (TPSA) is 9.23 Å². The minimum absolute atomic E-state index is 0.0173. The van der Waals surface area contributed by atoms with Crippen molar-refractivity contribution >= 4 is 0 Å². The van der Waals surface area contributed by atoms with Gasteiger partial charge in [-0.3, -0.25) is 0 Å². The van der Waals surface area contributed by atoms with E-state index in [1.54, 1.807) is 0 Å². The van der Waals surface area contributed by atoms with Crippen molar-refractivity contribution in [1.29, 1.82) is 0 Å². The van der Waals surface area contributed by atoms with Crippen LogP contribution in [0.4, 0.5) is 0 Å². The third-order valence-electron chi connectivity index (χ3n) is 4.53. The highest BCUT2D eigenvalue weighted by Gasteiger charge is 2.52. The summed E-state index contributed by atoms with van der Waals surface area (Å²) in [6.07, 6.45) is 7.79. The summed E-state index contributed by atoms with van der Waals surface area (Å²) >= 11 is 0. The van der Waals surface area contributed by atoms with Crippen molar-refractivity contribution in [3.05, 3.63) is 24.3 Å². The van der Waals surface area contributed by atoms with Crippen LogP contribution >= 0.6 is 0 Å². The molecule has 0 aromatic heterocycles. The smallest absolute Gasteiger partial charge is 0.0895 e. The molecule has 1 fully saturated rings. The fourth-order valence-electron chi connectivity index (χ4n) is 3.57. The van der Waals surface area contributed by atoms with Crippen molar-refractivity contribution < 1.29 is 4.74 Å². The second-order valence-electron chi connectivity index (χ2n) is 6.00. The Labute approximate surface area is 99.6 Å². The van der Waals surface area contributed by atoms with Crippen molar-refractivity contribution in [3.63, 3.8) is 0 Å². The summed E-state index contributed by atoms with van der Waals surface area (Å²) in [7, 11) is 0. The van der Waals surface area contributed by atoms with E-state index in [1.165, 1.54) is 18.4 Å². The van der Waals surface area contributed by atoms with Gasteiger partial charge >= 0.3 is 0 Å². The van der Waals surface area contributed by atoms with E-state index in [0.717, 1.165) is 6.42 Å². The molecule has 90 valence electrons. The summed E-state index contributed by atoms with van der Waals surface area (Å²) in [4.78, 5) is 0. The average molecular weight is 220 g/mol. The molecule has 0 aromatic carbocycles. The van der Waals surface area contributed by atoms with Gasteiger partial charge in [-0.2, -0.15) is 0 Å². The van der Waals surface area contributed by atoms with E-state index in [2.05, 4.69) is 40.3 Å². The third-order valence-corrected chi connectivity index (χ3v) is 4.53. The molecule has 2 aliphatic heterocycles. The van der Waals surface area contributed by atoms with Crippen LogP contribution in [0, 0.1) is 11.8 Å². The zero-order valence-corrected chi connectivity index (χ0v) is 11.0. The molecule has 0 amide bonds. The predicted octanol–water partition coefficient (Wildman–Crippen LogP) is 4.10. The zero-order valence-electron chi connectivity index (χ0n) is 11.0. The summed E-state index contributed by atoms with van der Waals surface area (Å²) in [6.45, 7) is 12.9. The number of fused-ring (bicyclic) bond motifs is 2. The molecule has 0 radical (unpaired) electrons. The first-order valence-electron chi connectivity index (χ1n) is 6.44. The molecular formula is C15H24O. The summed E-state index contributed by atoms with van der Waals surface area (Å²) in [5.41, 5.74) is 1.48. The molecule has 3 rings (SSSR count). The highest BCUT2D eigenvalue weighted by molar-refractivity contribution is 5.26. The lowest BCUT2D eigenvalue weighted by Crippen LogP contribution is -2.57. The minimum atomic E-state index is -0.0247. The van der Waals surface area contributed by atoms with Gasteiger partial charge in [0.15, 0.2) is 0 Å². The lowest BCUT2D eigenvalue weighted by molar-refractivity contribution is -0.207. The van der Waals surface area contributed by atoms with Gasteiger partial charge in [0, 0.05) is 5.92 Å². The first kappa shape index (κ1) is 11.9. The van der Waals surface area contributed by atoms with Crippen molar-refractivity contribution in [2.45, 2.75) is 58.2 Å². The Hall–Kier alpha value is -0.560. The van der Waals surface area contributed by atoms with Gasteiger partial charge in [-0.25, -0.2) is 0 Å². The van der Waals surface area contributed by atoms with Crippen LogP contribution in [0.2, 0.25) is 0 Å². The van der Waals surface area contributed by atoms with Crippen molar-refractivity contribution in [1.82, 2.24) is 0 Å². The van der Waals surface area contributed by atoms with E-state index >= 15 is 0 Å². The van der Waals surface area contributed by atoms with E-state index in [9.17, 15) is 0 Å².